The van der Waals surface area contributed by atoms with E-state index in [9.17, 15) is 9.59 Å². The summed E-state index contributed by atoms with van der Waals surface area (Å²) in [6.07, 6.45) is 2.10. The van der Waals surface area contributed by atoms with Gasteiger partial charge in [0.05, 0.1) is 23.2 Å². The van der Waals surface area contributed by atoms with Gasteiger partial charge in [-0.05, 0) is 37.3 Å². The van der Waals surface area contributed by atoms with Crippen LogP contribution >= 0.6 is 11.6 Å². The van der Waals surface area contributed by atoms with Crippen molar-refractivity contribution >= 4 is 46.0 Å². The number of halogens is 1. The number of aromatic nitrogens is 2. The average Bonchev–Trinajstić information content (AvgIpc) is 2.88. The molecule has 0 bridgehead atoms. The van der Waals surface area contributed by atoms with Crippen molar-refractivity contribution in [2.75, 3.05) is 32.1 Å². The molecule has 2 heterocycles. The van der Waals surface area contributed by atoms with Gasteiger partial charge >= 0.3 is 6.09 Å². The molecule has 2 aromatic carbocycles. The summed E-state index contributed by atoms with van der Waals surface area (Å²) in [5.74, 6) is 0.804. The van der Waals surface area contributed by atoms with Gasteiger partial charge in [0.25, 0.3) is 0 Å². The Labute approximate surface area is 212 Å². The summed E-state index contributed by atoms with van der Waals surface area (Å²) in [6.45, 7) is 6.45. The van der Waals surface area contributed by atoms with E-state index in [1.807, 2.05) is 13.0 Å². The number of methoxy groups -OCH3 is 1. The van der Waals surface area contributed by atoms with Crippen molar-refractivity contribution in [2.45, 2.75) is 13.0 Å². The molecule has 0 spiro atoms. The quantitative estimate of drug-likeness (QED) is 0.513. The summed E-state index contributed by atoms with van der Waals surface area (Å²) >= 11 is 6.16. The fourth-order valence-corrected chi connectivity index (χ4v) is 4.16. The number of benzene rings is 2. The van der Waals surface area contributed by atoms with Crippen LogP contribution in [-0.2, 0) is 4.79 Å². The molecule has 184 valence electrons. The lowest BCUT2D eigenvalue weighted by atomic mass is 10.2. The first-order chi connectivity index (χ1) is 17.3. The van der Waals surface area contributed by atoms with Crippen molar-refractivity contribution in [1.82, 2.24) is 19.8 Å². The second-order valence-electron chi connectivity index (χ2n) is 8.07. The van der Waals surface area contributed by atoms with Crippen molar-refractivity contribution in [3.8, 4) is 17.6 Å². The zero-order valence-electron chi connectivity index (χ0n) is 19.7. The van der Waals surface area contributed by atoms with Gasteiger partial charge < -0.3 is 24.6 Å². The molecular weight excluding hydrogens is 484 g/mol. The van der Waals surface area contributed by atoms with Gasteiger partial charge in [0.15, 0.2) is 11.5 Å². The van der Waals surface area contributed by atoms with E-state index >= 15 is 0 Å². The minimum atomic E-state index is -0.559. The lowest BCUT2D eigenvalue weighted by Crippen LogP contribution is -2.55. The van der Waals surface area contributed by atoms with Gasteiger partial charge in [-0.1, -0.05) is 18.2 Å². The van der Waals surface area contributed by atoms with Crippen LogP contribution in [0.15, 0.2) is 49.3 Å². The SMILES string of the molecule is C=CC(=O)N1CCN(C(=O)Oc2cc3c(Nc4ccc(C#N)c(Cl)c4)ncnc3cc2OC)[C@H](C)C1. The summed E-state index contributed by atoms with van der Waals surface area (Å²) in [5, 5.41) is 13.2. The monoisotopic (exact) mass is 506 g/mol. The highest BCUT2D eigenvalue weighted by Gasteiger charge is 2.30. The summed E-state index contributed by atoms with van der Waals surface area (Å²) < 4.78 is 11.2. The Bertz CT molecular complexity index is 1390. The molecule has 0 aliphatic carbocycles. The minimum Gasteiger partial charge on any atom is -0.493 e. The van der Waals surface area contributed by atoms with E-state index in [-0.39, 0.29) is 17.7 Å². The zero-order chi connectivity index (χ0) is 25.8. The molecule has 11 heteroatoms. The highest BCUT2D eigenvalue weighted by Crippen LogP contribution is 2.35. The normalized spacial score (nSPS) is 15.2. The fourth-order valence-electron chi connectivity index (χ4n) is 3.93. The number of hydrogen-bond acceptors (Lipinski definition) is 8. The maximum atomic E-state index is 13.0. The predicted octanol–water partition coefficient (Wildman–Crippen LogP) is 4.12. The standard InChI is InChI=1S/C25H23ClN6O4/c1-4-23(33)31-7-8-32(15(2)13-31)25(34)36-22-10-18-20(11-21(22)35-3)28-14-29-24(18)30-17-6-5-16(12-27)19(26)9-17/h4-6,9-11,14-15H,1,7-8,13H2,2-3H3,(H,28,29,30)/t15-/m1/s1. The molecule has 2 amide bonds. The van der Waals surface area contributed by atoms with Crippen molar-refractivity contribution in [2.24, 2.45) is 0 Å². The van der Waals surface area contributed by atoms with E-state index in [0.717, 1.165) is 0 Å². The summed E-state index contributed by atoms with van der Waals surface area (Å²) in [5.41, 5.74) is 1.54. The molecule has 3 aromatic rings. The maximum Gasteiger partial charge on any atom is 0.415 e. The minimum absolute atomic E-state index is 0.172. The zero-order valence-corrected chi connectivity index (χ0v) is 20.5. The number of fused-ring (bicyclic) bond motifs is 1. The number of amides is 2. The Kier molecular flexibility index (Phi) is 7.22. The van der Waals surface area contributed by atoms with Crippen LogP contribution in [0.1, 0.15) is 12.5 Å². The average molecular weight is 507 g/mol. The Morgan fingerprint density at radius 3 is 2.72 bits per heavy atom. The van der Waals surface area contributed by atoms with Gasteiger partial charge in [0.1, 0.15) is 18.2 Å². The third kappa shape index (κ3) is 5.01. The highest BCUT2D eigenvalue weighted by molar-refractivity contribution is 6.32. The summed E-state index contributed by atoms with van der Waals surface area (Å²) in [6, 6.07) is 9.99. The van der Waals surface area contributed by atoms with Crippen LogP contribution in [0.5, 0.6) is 11.5 Å². The topological polar surface area (TPSA) is 121 Å². The first-order valence-corrected chi connectivity index (χ1v) is 11.4. The highest BCUT2D eigenvalue weighted by atomic mass is 35.5. The van der Waals surface area contributed by atoms with E-state index in [1.54, 1.807) is 40.1 Å². The molecule has 1 fully saturated rings. The number of carbonyl (C=O) groups is 2. The molecule has 36 heavy (non-hydrogen) atoms. The Balaban J connectivity index is 1.60. The Hall–Kier alpha value is -4.36. The van der Waals surface area contributed by atoms with Crippen LogP contribution in [0.3, 0.4) is 0 Å². The van der Waals surface area contributed by atoms with E-state index in [4.69, 9.17) is 26.3 Å². The molecule has 0 unspecified atom stereocenters. The Morgan fingerprint density at radius 1 is 1.25 bits per heavy atom. The summed E-state index contributed by atoms with van der Waals surface area (Å²) in [7, 11) is 1.47. The third-order valence-corrected chi connectivity index (χ3v) is 6.13. The molecule has 1 atom stereocenters. The number of carbonyl (C=O) groups excluding carboxylic acids is 2. The first kappa shape index (κ1) is 24.8. The number of hydrogen-bond donors (Lipinski definition) is 1. The van der Waals surface area contributed by atoms with Gasteiger partial charge in [0.2, 0.25) is 5.91 Å². The van der Waals surface area contributed by atoms with Crippen LogP contribution in [0.2, 0.25) is 5.02 Å². The molecule has 0 radical (unpaired) electrons. The van der Waals surface area contributed by atoms with E-state index < -0.39 is 6.09 Å². The molecule has 1 aromatic heterocycles. The van der Waals surface area contributed by atoms with Gasteiger partial charge in [0, 0.05) is 42.8 Å². The molecule has 1 saturated heterocycles. The van der Waals surface area contributed by atoms with Gasteiger partial charge in [-0.2, -0.15) is 5.26 Å². The Morgan fingerprint density at radius 2 is 2.06 bits per heavy atom. The van der Waals surface area contributed by atoms with Crippen molar-refractivity contribution in [1.29, 1.82) is 5.26 Å². The number of nitrogens with one attached hydrogen (secondary N) is 1. The molecule has 1 aliphatic heterocycles. The second kappa shape index (κ2) is 10.5. The number of nitriles is 1. The smallest absolute Gasteiger partial charge is 0.415 e. The van der Waals surface area contributed by atoms with Crippen LogP contribution in [0.4, 0.5) is 16.3 Å². The lowest BCUT2D eigenvalue weighted by molar-refractivity contribution is -0.128. The predicted molar refractivity (Wildman–Crippen MR) is 135 cm³/mol. The molecule has 4 rings (SSSR count). The van der Waals surface area contributed by atoms with Crippen LogP contribution in [-0.4, -0.2) is 64.6 Å². The summed E-state index contributed by atoms with van der Waals surface area (Å²) in [4.78, 5) is 36.8. The van der Waals surface area contributed by atoms with E-state index in [2.05, 4.69) is 21.9 Å². The molecule has 0 saturated carbocycles. The lowest BCUT2D eigenvalue weighted by Gasteiger charge is -2.38. The number of ether oxygens (including phenoxy) is 2. The van der Waals surface area contributed by atoms with E-state index in [1.165, 1.54) is 19.5 Å². The number of nitrogens with zero attached hydrogens (tertiary/aromatic N) is 5. The molecular formula is C25H23ClN6O4. The van der Waals surface area contributed by atoms with Gasteiger partial charge in [-0.15, -0.1) is 0 Å². The fraction of sp³-hybridized carbons (Fsp3) is 0.240. The number of rotatable bonds is 5. The van der Waals surface area contributed by atoms with Crippen LogP contribution in [0.25, 0.3) is 10.9 Å². The number of anilines is 2. The third-order valence-electron chi connectivity index (χ3n) is 5.82. The molecule has 10 nitrogen and oxygen atoms in total. The molecule has 1 N–H and O–H groups in total. The molecule has 1 aliphatic rings. The van der Waals surface area contributed by atoms with Crippen molar-refractivity contribution in [3.63, 3.8) is 0 Å². The largest absolute Gasteiger partial charge is 0.493 e. The van der Waals surface area contributed by atoms with E-state index in [0.29, 0.717) is 58.4 Å². The van der Waals surface area contributed by atoms with Crippen molar-refractivity contribution < 1.29 is 19.1 Å². The van der Waals surface area contributed by atoms with Gasteiger partial charge in [-0.3, -0.25) is 4.79 Å². The van der Waals surface area contributed by atoms with Crippen LogP contribution in [0, 0.1) is 11.3 Å². The van der Waals surface area contributed by atoms with Crippen LogP contribution < -0.4 is 14.8 Å². The number of piperazine rings is 1. The second-order valence-corrected chi connectivity index (χ2v) is 8.48. The van der Waals surface area contributed by atoms with Crippen molar-refractivity contribution in [3.05, 3.63) is 59.9 Å². The van der Waals surface area contributed by atoms with Gasteiger partial charge in [-0.25, -0.2) is 14.8 Å². The first-order valence-electron chi connectivity index (χ1n) is 11.0. The maximum absolute atomic E-state index is 13.0.